The molecular formula is C40H64Cl2N6O2. The Morgan fingerprint density at radius 1 is 0.720 bits per heavy atom. The van der Waals surface area contributed by atoms with Crippen molar-refractivity contribution < 1.29 is 9.53 Å². The van der Waals surface area contributed by atoms with Gasteiger partial charge in [-0.25, -0.2) is 4.79 Å². The van der Waals surface area contributed by atoms with Gasteiger partial charge in [-0.3, -0.25) is 9.80 Å². The summed E-state index contributed by atoms with van der Waals surface area (Å²) in [6.07, 6.45) is 0.933. The summed E-state index contributed by atoms with van der Waals surface area (Å²) >= 11 is 0. The molecule has 1 saturated heterocycles. The van der Waals surface area contributed by atoms with E-state index in [2.05, 4.69) is 126 Å². The summed E-state index contributed by atoms with van der Waals surface area (Å²) in [6, 6.07) is 23.6. The quantitative estimate of drug-likeness (QED) is 0.133. The molecule has 3 aromatic rings. The standard InChI is InChI=1S/C40H62N6O2.2ClH/c1-6-42(7-2)24-26-45(27-25-43(8-3)9-4)32-35-18-20-36(21-19-35)33-46(23-13-22-44-28-30-48-31-29-44)40(47)41-34(5)38-17-12-15-37-14-10-11-16-39(37)38;;/h10-12,14-21,34H,6-9,13,22-33H2,1-5H3,(H,41,47);2*1H/t34-;;/m0../s1. The van der Waals surface area contributed by atoms with Crippen LogP contribution in [0.25, 0.3) is 10.8 Å². The first-order chi connectivity index (χ1) is 23.4. The Labute approximate surface area is 315 Å². The lowest BCUT2D eigenvalue weighted by Gasteiger charge is -2.30. The van der Waals surface area contributed by atoms with Gasteiger partial charge >= 0.3 is 6.03 Å². The number of nitrogens with zero attached hydrogens (tertiary/aromatic N) is 5. The van der Waals surface area contributed by atoms with Crippen LogP contribution >= 0.6 is 24.8 Å². The van der Waals surface area contributed by atoms with Crippen LogP contribution < -0.4 is 5.32 Å². The summed E-state index contributed by atoms with van der Waals surface area (Å²) in [5, 5.41) is 5.72. The Hall–Kier alpha value is -2.43. The fourth-order valence-electron chi connectivity index (χ4n) is 6.69. The van der Waals surface area contributed by atoms with E-state index in [1.807, 2.05) is 4.90 Å². The number of ether oxygens (including phenoxy) is 1. The minimum absolute atomic E-state index is 0. The molecule has 0 bridgehead atoms. The largest absolute Gasteiger partial charge is 0.379 e. The monoisotopic (exact) mass is 730 g/mol. The maximum atomic E-state index is 13.9. The molecule has 0 saturated carbocycles. The van der Waals surface area contributed by atoms with E-state index in [4.69, 9.17) is 4.74 Å². The number of benzene rings is 3. The highest BCUT2D eigenvalue weighted by Gasteiger charge is 2.20. The molecule has 1 aliphatic rings. The molecule has 0 spiro atoms. The van der Waals surface area contributed by atoms with E-state index in [0.717, 1.165) is 109 Å². The molecular weight excluding hydrogens is 667 g/mol. The number of morpholine rings is 1. The summed E-state index contributed by atoms with van der Waals surface area (Å²) in [7, 11) is 0. The van der Waals surface area contributed by atoms with Crippen molar-refractivity contribution in [2.24, 2.45) is 0 Å². The summed E-state index contributed by atoms with van der Waals surface area (Å²) < 4.78 is 5.54. The molecule has 10 heteroatoms. The minimum atomic E-state index is -0.105. The van der Waals surface area contributed by atoms with Crippen LogP contribution in [-0.2, 0) is 17.8 Å². The zero-order valence-corrected chi connectivity index (χ0v) is 33.0. The first-order valence-electron chi connectivity index (χ1n) is 18.5. The summed E-state index contributed by atoms with van der Waals surface area (Å²) in [6.45, 7) is 26.5. The number of urea groups is 1. The smallest absolute Gasteiger partial charge is 0.318 e. The molecule has 1 fully saturated rings. The Morgan fingerprint density at radius 2 is 1.26 bits per heavy atom. The molecule has 8 nitrogen and oxygen atoms in total. The number of hydrogen-bond donors (Lipinski definition) is 1. The molecule has 0 aromatic heterocycles. The number of fused-ring (bicyclic) bond motifs is 1. The third-order valence-corrected chi connectivity index (χ3v) is 9.98. The van der Waals surface area contributed by atoms with Crippen LogP contribution in [0, 0.1) is 0 Å². The van der Waals surface area contributed by atoms with E-state index in [1.54, 1.807) is 0 Å². The molecule has 4 rings (SSSR count). The summed E-state index contributed by atoms with van der Waals surface area (Å²) in [5.74, 6) is 0. The second-order valence-electron chi connectivity index (χ2n) is 13.1. The van der Waals surface area contributed by atoms with E-state index in [0.29, 0.717) is 13.1 Å². The SMILES string of the molecule is CCN(CC)CCN(CCN(CC)CC)Cc1ccc(CN(CCCN2CCOCC2)C(=O)N[C@@H](C)c2cccc3ccccc23)cc1.Cl.Cl. The summed E-state index contributed by atoms with van der Waals surface area (Å²) in [4.78, 5) is 25.9. The van der Waals surface area contributed by atoms with Gasteiger partial charge in [0, 0.05) is 65.4 Å². The Morgan fingerprint density at radius 3 is 1.86 bits per heavy atom. The molecule has 1 heterocycles. The second kappa shape index (κ2) is 23.9. The van der Waals surface area contributed by atoms with Gasteiger partial charge in [-0.05, 0) is 67.0 Å². The first-order valence-corrected chi connectivity index (χ1v) is 18.5. The average molecular weight is 732 g/mol. The molecule has 50 heavy (non-hydrogen) atoms. The van der Waals surface area contributed by atoms with Gasteiger partial charge in [0.1, 0.15) is 0 Å². The van der Waals surface area contributed by atoms with Crippen molar-refractivity contribution in [3.63, 3.8) is 0 Å². The maximum Gasteiger partial charge on any atom is 0.318 e. The molecule has 2 amide bonds. The van der Waals surface area contributed by atoms with Crippen LogP contribution in [0.3, 0.4) is 0 Å². The van der Waals surface area contributed by atoms with Gasteiger partial charge in [0.2, 0.25) is 0 Å². The first kappa shape index (κ1) is 43.7. The maximum absolute atomic E-state index is 13.9. The van der Waals surface area contributed by atoms with Crippen LogP contribution in [-0.4, -0.2) is 122 Å². The lowest BCUT2D eigenvalue weighted by atomic mass is 10.00. The molecule has 1 atom stereocenters. The number of halogens is 2. The van der Waals surface area contributed by atoms with Gasteiger partial charge < -0.3 is 24.8 Å². The highest BCUT2D eigenvalue weighted by Crippen LogP contribution is 2.24. The van der Waals surface area contributed by atoms with Crippen molar-refractivity contribution in [1.82, 2.24) is 29.8 Å². The number of carbonyl (C=O) groups excluding carboxylic acids is 1. The lowest BCUT2D eigenvalue weighted by molar-refractivity contribution is 0.0364. The Balaban J connectivity index is 0.00000433. The van der Waals surface area contributed by atoms with Crippen molar-refractivity contribution >= 4 is 41.6 Å². The van der Waals surface area contributed by atoms with Crippen LogP contribution in [0.15, 0.2) is 66.7 Å². The van der Waals surface area contributed by atoms with Crippen LogP contribution in [0.4, 0.5) is 4.79 Å². The van der Waals surface area contributed by atoms with Crippen LogP contribution in [0.5, 0.6) is 0 Å². The summed E-state index contributed by atoms with van der Waals surface area (Å²) in [5.41, 5.74) is 3.63. The fourth-order valence-corrected chi connectivity index (χ4v) is 6.69. The Bertz CT molecular complexity index is 1330. The van der Waals surface area contributed by atoms with Crippen molar-refractivity contribution in [3.05, 3.63) is 83.4 Å². The highest BCUT2D eigenvalue weighted by atomic mass is 35.5. The predicted octanol–water partition coefficient (Wildman–Crippen LogP) is 7.16. The predicted molar refractivity (Wildman–Crippen MR) is 215 cm³/mol. The zero-order chi connectivity index (χ0) is 34.1. The lowest BCUT2D eigenvalue weighted by Crippen LogP contribution is -2.43. The van der Waals surface area contributed by atoms with Crippen molar-refractivity contribution in [3.8, 4) is 0 Å². The second-order valence-corrected chi connectivity index (χ2v) is 13.1. The molecule has 3 aromatic carbocycles. The van der Waals surface area contributed by atoms with Gasteiger partial charge in [0.05, 0.1) is 19.3 Å². The number of amides is 2. The van der Waals surface area contributed by atoms with E-state index in [9.17, 15) is 4.79 Å². The van der Waals surface area contributed by atoms with Gasteiger partial charge in [0.25, 0.3) is 0 Å². The topological polar surface area (TPSA) is 54.5 Å². The third kappa shape index (κ3) is 13.9. The molecule has 0 radical (unpaired) electrons. The minimum Gasteiger partial charge on any atom is -0.379 e. The normalized spacial score (nSPS) is 14.1. The van der Waals surface area contributed by atoms with Crippen molar-refractivity contribution in [2.45, 2.75) is 60.2 Å². The van der Waals surface area contributed by atoms with E-state index < -0.39 is 0 Å². The van der Waals surface area contributed by atoms with E-state index in [-0.39, 0.29) is 36.9 Å². The van der Waals surface area contributed by atoms with Gasteiger partial charge in [-0.1, -0.05) is 94.4 Å². The van der Waals surface area contributed by atoms with Crippen LogP contribution in [0.1, 0.15) is 63.8 Å². The molecule has 1 N–H and O–H groups in total. The highest BCUT2D eigenvalue weighted by molar-refractivity contribution is 5.87. The van der Waals surface area contributed by atoms with E-state index >= 15 is 0 Å². The number of hydrogen-bond acceptors (Lipinski definition) is 6. The van der Waals surface area contributed by atoms with Crippen molar-refractivity contribution in [1.29, 1.82) is 0 Å². The average Bonchev–Trinajstić information content (AvgIpc) is 3.12. The number of carbonyl (C=O) groups is 1. The third-order valence-electron chi connectivity index (χ3n) is 9.98. The van der Waals surface area contributed by atoms with Gasteiger partial charge in [0.15, 0.2) is 0 Å². The number of rotatable bonds is 20. The van der Waals surface area contributed by atoms with Gasteiger partial charge in [-0.15, -0.1) is 24.8 Å². The fraction of sp³-hybridized carbons (Fsp3) is 0.575. The molecule has 280 valence electrons. The molecule has 1 aliphatic heterocycles. The van der Waals surface area contributed by atoms with Crippen LogP contribution in [0.2, 0.25) is 0 Å². The van der Waals surface area contributed by atoms with Gasteiger partial charge in [-0.2, -0.15) is 0 Å². The number of nitrogens with one attached hydrogen (secondary N) is 1. The Kier molecular flexibility index (Phi) is 20.9. The molecule has 0 unspecified atom stereocenters. The van der Waals surface area contributed by atoms with E-state index in [1.165, 1.54) is 16.3 Å². The number of likely N-dealkylation sites (N-methyl/N-ethyl adjacent to an activating group) is 2. The van der Waals surface area contributed by atoms with Crippen molar-refractivity contribution in [2.75, 3.05) is 91.8 Å². The molecule has 0 aliphatic carbocycles. The zero-order valence-electron chi connectivity index (χ0n) is 31.3.